The molecule has 3 rings (SSSR count). The van der Waals surface area contributed by atoms with E-state index in [1.54, 1.807) is 11.7 Å². The Morgan fingerprint density at radius 2 is 2.00 bits per heavy atom. The van der Waals surface area contributed by atoms with E-state index in [2.05, 4.69) is 15.1 Å². The number of H-pyrrole nitrogens is 1. The van der Waals surface area contributed by atoms with Crippen LogP contribution in [0.4, 0.5) is 5.69 Å². The smallest absolute Gasteiger partial charge is 0.277 e. The van der Waals surface area contributed by atoms with Gasteiger partial charge in [0.1, 0.15) is 17.1 Å². The topological polar surface area (TPSA) is 114 Å². The van der Waals surface area contributed by atoms with Gasteiger partial charge in [0.2, 0.25) is 0 Å². The molecule has 9 heteroatoms. The van der Waals surface area contributed by atoms with Crippen molar-refractivity contribution in [3.05, 3.63) is 34.2 Å². The number of aryl methyl sites for hydroxylation is 2. The van der Waals surface area contributed by atoms with E-state index in [9.17, 15) is 4.79 Å². The zero-order valence-corrected chi connectivity index (χ0v) is 18.9. The van der Waals surface area contributed by atoms with Gasteiger partial charge in [-0.3, -0.25) is 9.48 Å². The molecule has 1 aromatic carbocycles. The van der Waals surface area contributed by atoms with E-state index in [1.165, 1.54) is 0 Å². The number of ether oxygens (including phenoxy) is 1. The van der Waals surface area contributed by atoms with Crippen LogP contribution in [0.25, 0.3) is 22.4 Å². The summed E-state index contributed by atoms with van der Waals surface area (Å²) in [5.41, 5.74) is 9.09. The number of rotatable bonds is 8. The number of nitrogens with zero attached hydrogens (tertiary/aromatic N) is 5. The fourth-order valence-electron chi connectivity index (χ4n) is 3.47. The van der Waals surface area contributed by atoms with Crippen LogP contribution in [0, 0.1) is 0 Å². The molecule has 0 bridgehead atoms. The molecule has 0 aliphatic heterocycles. The Labute approximate surface area is 182 Å². The lowest BCUT2D eigenvalue weighted by Crippen LogP contribution is -2.36. The third-order valence-electron chi connectivity index (χ3n) is 5.11. The molecule has 0 saturated carbocycles. The van der Waals surface area contributed by atoms with Crippen molar-refractivity contribution in [2.24, 2.45) is 17.8 Å². The molecule has 2 heterocycles. The van der Waals surface area contributed by atoms with Crippen LogP contribution in [0.1, 0.15) is 39.8 Å². The van der Waals surface area contributed by atoms with Crippen LogP contribution < -0.4 is 16.0 Å². The molecule has 3 N–H and O–H groups in total. The molecule has 0 saturated heterocycles. The summed E-state index contributed by atoms with van der Waals surface area (Å²) >= 11 is 0. The lowest BCUT2D eigenvalue weighted by molar-refractivity contribution is 0.318. The molecule has 166 valence electrons. The predicted octanol–water partition coefficient (Wildman–Crippen LogP) is 2.96. The predicted molar refractivity (Wildman–Crippen MR) is 124 cm³/mol. The zero-order chi connectivity index (χ0) is 22.5. The molecule has 0 aliphatic carbocycles. The number of benzene rings is 1. The first-order valence-corrected chi connectivity index (χ1v) is 10.8. The normalized spacial score (nSPS) is 11.8. The van der Waals surface area contributed by atoms with E-state index in [0.29, 0.717) is 52.8 Å². The molecule has 0 fully saturated rings. The molecule has 0 radical (unpaired) electrons. The highest BCUT2D eigenvalue weighted by Crippen LogP contribution is 2.32. The van der Waals surface area contributed by atoms with Gasteiger partial charge in [0.15, 0.2) is 11.5 Å². The van der Waals surface area contributed by atoms with Crippen LogP contribution in [0.3, 0.4) is 0 Å². The number of aliphatic imine (C=N–C) groups is 1. The average Bonchev–Trinajstić information content (AvgIpc) is 3.09. The van der Waals surface area contributed by atoms with Crippen LogP contribution in [0.15, 0.2) is 28.0 Å². The van der Waals surface area contributed by atoms with E-state index < -0.39 is 0 Å². The number of fused-ring (bicyclic) bond motifs is 1. The monoisotopic (exact) mass is 425 g/mol. The van der Waals surface area contributed by atoms with Crippen molar-refractivity contribution in [1.82, 2.24) is 24.6 Å². The molecular formula is C22H31N7O2. The number of hydrogen-bond acceptors (Lipinski definition) is 5. The highest BCUT2D eigenvalue weighted by Gasteiger charge is 2.17. The molecule has 0 aliphatic rings. The molecule has 0 amide bonds. The molecule has 2 aromatic heterocycles. The van der Waals surface area contributed by atoms with Crippen LogP contribution in [-0.4, -0.2) is 50.3 Å². The molecular weight excluding hydrogens is 394 g/mol. The standard InChI is InChI=1S/C22H31N7O2/c1-6-12-31-17-11-10-14(24-22(23)29(8-3)9-4)13-15(17)20-25-18-16(7-2)27-28(5)19(18)21(30)26-20/h10-11,13H,6-9,12H2,1-5H3,(H2,23,24)(H,25,26,30). The van der Waals surface area contributed by atoms with Gasteiger partial charge in [-0.1, -0.05) is 13.8 Å². The number of nitrogens with one attached hydrogen (secondary N) is 1. The summed E-state index contributed by atoms with van der Waals surface area (Å²) in [6.45, 7) is 10.2. The lowest BCUT2D eigenvalue weighted by atomic mass is 10.1. The Morgan fingerprint density at radius 1 is 1.26 bits per heavy atom. The van der Waals surface area contributed by atoms with Crippen LogP contribution >= 0.6 is 0 Å². The maximum atomic E-state index is 12.8. The second-order valence-electron chi connectivity index (χ2n) is 7.21. The van der Waals surface area contributed by atoms with Crippen molar-refractivity contribution in [1.29, 1.82) is 0 Å². The second-order valence-corrected chi connectivity index (χ2v) is 7.21. The highest BCUT2D eigenvalue weighted by molar-refractivity contribution is 5.83. The summed E-state index contributed by atoms with van der Waals surface area (Å²) in [5, 5.41) is 4.43. The van der Waals surface area contributed by atoms with Crippen molar-refractivity contribution in [2.75, 3.05) is 19.7 Å². The SMILES string of the molecule is CCCOc1ccc(N=C(N)N(CC)CC)cc1-c1nc2c(CC)nn(C)c2c(=O)[nH]1. The first-order chi connectivity index (χ1) is 14.9. The van der Waals surface area contributed by atoms with Gasteiger partial charge in [-0.2, -0.15) is 5.10 Å². The first kappa shape index (κ1) is 22.3. The van der Waals surface area contributed by atoms with Crippen molar-refractivity contribution in [3.63, 3.8) is 0 Å². The quantitative estimate of drug-likeness (QED) is 0.424. The Morgan fingerprint density at radius 3 is 2.65 bits per heavy atom. The largest absolute Gasteiger partial charge is 0.493 e. The lowest BCUT2D eigenvalue weighted by Gasteiger charge is -2.19. The van der Waals surface area contributed by atoms with Crippen LogP contribution in [0.5, 0.6) is 5.75 Å². The second kappa shape index (κ2) is 9.63. The minimum atomic E-state index is -0.243. The van der Waals surface area contributed by atoms with E-state index in [-0.39, 0.29) is 5.56 Å². The number of aromatic nitrogens is 4. The Kier molecular flexibility index (Phi) is 6.94. The van der Waals surface area contributed by atoms with E-state index in [4.69, 9.17) is 15.5 Å². The highest BCUT2D eigenvalue weighted by atomic mass is 16.5. The summed E-state index contributed by atoms with van der Waals surface area (Å²) in [4.78, 5) is 27.0. The Balaban J connectivity index is 2.18. The molecule has 0 unspecified atom stereocenters. The number of nitrogens with two attached hydrogens (primary N) is 1. The first-order valence-electron chi connectivity index (χ1n) is 10.8. The van der Waals surface area contributed by atoms with Gasteiger partial charge in [-0.15, -0.1) is 0 Å². The van der Waals surface area contributed by atoms with Crippen LogP contribution in [-0.2, 0) is 13.5 Å². The molecule has 31 heavy (non-hydrogen) atoms. The van der Waals surface area contributed by atoms with Gasteiger partial charge >= 0.3 is 0 Å². The summed E-state index contributed by atoms with van der Waals surface area (Å²) in [6, 6.07) is 5.53. The van der Waals surface area contributed by atoms with Crippen molar-refractivity contribution in [3.8, 4) is 17.1 Å². The maximum absolute atomic E-state index is 12.8. The number of aromatic amines is 1. The van der Waals surface area contributed by atoms with Gasteiger partial charge < -0.3 is 20.4 Å². The van der Waals surface area contributed by atoms with Crippen molar-refractivity contribution in [2.45, 2.75) is 40.5 Å². The van der Waals surface area contributed by atoms with Gasteiger partial charge in [0.05, 0.1) is 23.6 Å². The molecule has 9 nitrogen and oxygen atoms in total. The third-order valence-corrected chi connectivity index (χ3v) is 5.11. The van der Waals surface area contributed by atoms with Gasteiger partial charge in [0.25, 0.3) is 5.56 Å². The van der Waals surface area contributed by atoms with Crippen LogP contribution in [0.2, 0.25) is 0 Å². The summed E-state index contributed by atoms with van der Waals surface area (Å²) < 4.78 is 7.50. The summed E-state index contributed by atoms with van der Waals surface area (Å²) in [7, 11) is 1.75. The van der Waals surface area contributed by atoms with E-state index in [1.807, 2.05) is 50.8 Å². The maximum Gasteiger partial charge on any atom is 0.277 e. The molecule has 3 aromatic rings. The minimum Gasteiger partial charge on any atom is -0.493 e. The van der Waals surface area contributed by atoms with E-state index in [0.717, 1.165) is 25.2 Å². The molecule has 0 spiro atoms. The van der Waals surface area contributed by atoms with Gasteiger partial charge in [0, 0.05) is 20.1 Å². The fraction of sp³-hybridized carbons (Fsp3) is 0.455. The van der Waals surface area contributed by atoms with Gasteiger partial charge in [-0.25, -0.2) is 9.98 Å². The summed E-state index contributed by atoms with van der Waals surface area (Å²) in [6.07, 6.45) is 1.54. The minimum absolute atomic E-state index is 0.243. The Hall–Kier alpha value is -3.36. The van der Waals surface area contributed by atoms with Crippen molar-refractivity contribution >= 4 is 22.7 Å². The van der Waals surface area contributed by atoms with E-state index >= 15 is 0 Å². The fourth-order valence-corrected chi connectivity index (χ4v) is 3.47. The third kappa shape index (κ3) is 4.55. The average molecular weight is 426 g/mol. The Bertz CT molecular complexity index is 1140. The summed E-state index contributed by atoms with van der Waals surface area (Å²) in [5.74, 6) is 1.49. The number of guanidine groups is 1. The van der Waals surface area contributed by atoms with Gasteiger partial charge in [-0.05, 0) is 44.9 Å². The van der Waals surface area contributed by atoms with Crippen molar-refractivity contribution < 1.29 is 4.74 Å². The molecule has 0 atom stereocenters. The zero-order valence-electron chi connectivity index (χ0n) is 18.9. The number of hydrogen-bond donors (Lipinski definition) is 2.